The van der Waals surface area contributed by atoms with Gasteiger partial charge in [0.25, 0.3) is 0 Å². The third kappa shape index (κ3) is 4.99. The highest BCUT2D eigenvalue weighted by Crippen LogP contribution is 2.32. The van der Waals surface area contributed by atoms with Crippen LogP contribution in [0.25, 0.3) is 0 Å². The van der Waals surface area contributed by atoms with Gasteiger partial charge in [-0.15, -0.1) is 5.10 Å². The molecule has 1 aromatic rings. The Morgan fingerprint density at radius 1 is 1.24 bits per heavy atom. The first-order valence-corrected chi connectivity index (χ1v) is 8.28. The standard InChI is InChI=1S/C16H25N3O6/c1-6-13-15(24-11(4)21)14(23-10(3)20)9(2)16(25-13)22-8-12-7-19(5)18-17-12/h7,9,13-16H,6,8H2,1-5H3/t9?,13?,14-,15-,16+/m1/s1. The number of aryl methyl sites for hydroxylation is 1. The molecule has 0 radical (unpaired) electrons. The van der Waals surface area contributed by atoms with Crippen molar-refractivity contribution in [2.45, 2.75) is 65.3 Å². The predicted octanol–water partition coefficient (Wildman–Crippen LogP) is 0.966. The molecule has 1 saturated heterocycles. The lowest BCUT2D eigenvalue weighted by molar-refractivity contribution is -0.286. The first-order chi connectivity index (χ1) is 11.8. The van der Waals surface area contributed by atoms with Crippen LogP contribution in [0.4, 0.5) is 0 Å². The molecule has 2 heterocycles. The zero-order valence-corrected chi connectivity index (χ0v) is 15.2. The van der Waals surface area contributed by atoms with Crippen LogP contribution in [-0.4, -0.2) is 51.5 Å². The smallest absolute Gasteiger partial charge is 0.303 e. The van der Waals surface area contributed by atoms with Crippen LogP contribution in [0.15, 0.2) is 6.20 Å². The van der Waals surface area contributed by atoms with Gasteiger partial charge in [-0.3, -0.25) is 14.3 Å². The molecule has 0 N–H and O–H groups in total. The van der Waals surface area contributed by atoms with Crippen molar-refractivity contribution in [3.8, 4) is 0 Å². The van der Waals surface area contributed by atoms with Gasteiger partial charge in [0.1, 0.15) is 17.9 Å². The molecular weight excluding hydrogens is 330 g/mol. The van der Waals surface area contributed by atoms with Crippen molar-refractivity contribution in [3.63, 3.8) is 0 Å². The highest BCUT2D eigenvalue weighted by Gasteiger charge is 2.47. The Kier molecular flexibility index (Phi) is 6.49. The van der Waals surface area contributed by atoms with E-state index in [1.165, 1.54) is 13.8 Å². The highest BCUT2D eigenvalue weighted by molar-refractivity contribution is 5.67. The first kappa shape index (κ1) is 19.3. The van der Waals surface area contributed by atoms with E-state index in [0.717, 1.165) is 0 Å². The third-order valence-electron chi connectivity index (χ3n) is 4.00. The lowest BCUT2D eigenvalue weighted by Gasteiger charge is -2.43. The van der Waals surface area contributed by atoms with Gasteiger partial charge in [-0.2, -0.15) is 0 Å². The van der Waals surface area contributed by atoms with Gasteiger partial charge in [-0.25, -0.2) is 0 Å². The minimum atomic E-state index is -0.669. The average molecular weight is 355 g/mol. The number of carbonyl (C=O) groups excluding carboxylic acids is 2. The maximum atomic E-state index is 11.5. The molecule has 2 unspecified atom stereocenters. The van der Waals surface area contributed by atoms with Crippen LogP contribution in [0.3, 0.4) is 0 Å². The monoisotopic (exact) mass is 355 g/mol. The molecule has 1 aromatic heterocycles. The Morgan fingerprint density at radius 2 is 1.88 bits per heavy atom. The summed E-state index contributed by atoms with van der Waals surface area (Å²) in [5.74, 6) is -1.22. The van der Waals surface area contributed by atoms with Crippen LogP contribution in [0.1, 0.15) is 39.8 Å². The van der Waals surface area contributed by atoms with Crippen molar-refractivity contribution in [2.24, 2.45) is 13.0 Å². The number of carbonyl (C=O) groups is 2. The largest absolute Gasteiger partial charge is 0.458 e. The summed E-state index contributed by atoms with van der Waals surface area (Å²) in [6.07, 6.45) is -0.0483. The molecule has 1 aliphatic heterocycles. The van der Waals surface area contributed by atoms with E-state index in [1.807, 2.05) is 13.8 Å². The van der Waals surface area contributed by atoms with Crippen molar-refractivity contribution >= 4 is 11.9 Å². The Bertz CT molecular complexity index is 604. The molecule has 0 spiro atoms. The van der Waals surface area contributed by atoms with E-state index in [1.54, 1.807) is 17.9 Å². The maximum Gasteiger partial charge on any atom is 0.303 e. The SMILES string of the molecule is CCC1O[C@H](OCc2cn(C)nn2)C(C)[C@@H](OC(C)=O)[C@@H]1OC(C)=O. The molecule has 0 bridgehead atoms. The summed E-state index contributed by atoms with van der Waals surface area (Å²) in [4.78, 5) is 22.9. The molecule has 0 aromatic carbocycles. The topological polar surface area (TPSA) is 102 Å². The van der Waals surface area contributed by atoms with Crippen LogP contribution in [0.5, 0.6) is 0 Å². The summed E-state index contributed by atoms with van der Waals surface area (Å²) >= 11 is 0. The number of ether oxygens (including phenoxy) is 4. The van der Waals surface area contributed by atoms with E-state index in [9.17, 15) is 9.59 Å². The number of nitrogens with zero attached hydrogens (tertiary/aromatic N) is 3. The van der Waals surface area contributed by atoms with E-state index in [4.69, 9.17) is 18.9 Å². The highest BCUT2D eigenvalue weighted by atomic mass is 16.7. The van der Waals surface area contributed by atoms with Crippen LogP contribution in [0.2, 0.25) is 0 Å². The minimum absolute atomic E-state index is 0.213. The Hall–Kier alpha value is -2.00. The lowest BCUT2D eigenvalue weighted by Crippen LogP contribution is -2.56. The van der Waals surface area contributed by atoms with Gasteiger partial charge < -0.3 is 18.9 Å². The second-order valence-corrected chi connectivity index (χ2v) is 6.15. The molecule has 25 heavy (non-hydrogen) atoms. The van der Waals surface area contributed by atoms with Crippen molar-refractivity contribution < 1.29 is 28.5 Å². The second-order valence-electron chi connectivity index (χ2n) is 6.15. The van der Waals surface area contributed by atoms with E-state index < -0.39 is 36.5 Å². The average Bonchev–Trinajstić information content (AvgIpc) is 2.95. The predicted molar refractivity (Wildman–Crippen MR) is 85.0 cm³/mol. The molecule has 9 nitrogen and oxygen atoms in total. The van der Waals surface area contributed by atoms with E-state index in [0.29, 0.717) is 12.1 Å². The summed E-state index contributed by atoms with van der Waals surface area (Å²) in [6.45, 7) is 6.59. The Balaban J connectivity index is 2.13. The fourth-order valence-electron chi connectivity index (χ4n) is 2.89. The molecule has 0 amide bonds. The van der Waals surface area contributed by atoms with Crippen molar-refractivity contribution in [2.75, 3.05) is 0 Å². The zero-order chi connectivity index (χ0) is 18.6. The fourth-order valence-corrected chi connectivity index (χ4v) is 2.89. The normalized spacial score (nSPS) is 29.2. The lowest BCUT2D eigenvalue weighted by atomic mass is 9.90. The first-order valence-electron chi connectivity index (χ1n) is 8.28. The van der Waals surface area contributed by atoms with Gasteiger partial charge in [-0.1, -0.05) is 19.1 Å². The van der Waals surface area contributed by atoms with Crippen LogP contribution in [-0.2, 0) is 42.2 Å². The minimum Gasteiger partial charge on any atom is -0.458 e. The summed E-state index contributed by atoms with van der Waals surface area (Å²) in [7, 11) is 1.77. The summed E-state index contributed by atoms with van der Waals surface area (Å²) in [5.41, 5.74) is 0.664. The number of hydrogen-bond acceptors (Lipinski definition) is 8. The Labute approximate surface area is 146 Å². The van der Waals surface area contributed by atoms with Gasteiger partial charge in [0.15, 0.2) is 12.4 Å². The van der Waals surface area contributed by atoms with Crippen molar-refractivity contribution in [3.05, 3.63) is 11.9 Å². The summed E-state index contributed by atoms with van der Waals surface area (Å²) < 4.78 is 24.2. The number of rotatable bonds is 6. The van der Waals surface area contributed by atoms with Gasteiger partial charge in [-0.05, 0) is 6.42 Å². The number of aromatic nitrogens is 3. The molecule has 1 fully saturated rings. The molecule has 1 aliphatic rings. The van der Waals surface area contributed by atoms with Crippen LogP contribution < -0.4 is 0 Å². The van der Waals surface area contributed by atoms with E-state index in [2.05, 4.69) is 10.3 Å². The fraction of sp³-hybridized carbons (Fsp3) is 0.750. The molecule has 140 valence electrons. The third-order valence-corrected chi connectivity index (χ3v) is 4.00. The number of hydrogen-bond donors (Lipinski definition) is 0. The second kappa shape index (κ2) is 8.39. The van der Waals surface area contributed by atoms with Gasteiger partial charge in [0.05, 0.1) is 12.8 Å². The molecular formula is C16H25N3O6. The van der Waals surface area contributed by atoms with Crippen molar-refractivity contribution in [1.82, 2.24) is 15.0 Å². The quantitative estimate of drug-likeness (QED) is 0.696. The van der Waals surface area contributed by atoms with Crippen molar-refractivity contribution in [1.29, 1.82) is 0 Å². The molecule has 5 atom stereocenters. The Morgan fingerprint density at radius 3 is 2.40 bits per heavy atom. The van der Waals surface area contributed by atoms with E-state index in [-0.39, 0.29) is 12.5 Å². The summed E-state index contributed by atoms with van der Waals surface area (Å²) in [5, 5.41) is 7.81. The molecule has 0 aliphatic carbocycles. The molecule has 2 rings (SSSR count). The van der Waals surface area contributed by atoms with Crippen LogP contribution in [0, 0.1) is 5.92 Å². The molecule has 0 saturated carbocycles. The number of esters is 2. The van der Waals surface area contributed by atoms with Gasteiger partial charge in [0, 0.05) is 26.8 Å². The molecule has 9 heteroatoms. The van der Waals surface area contributed by atoms with E-state index >= 15 is 0 Å². The maximum absolute atomic E-state index is 11.5. The van der Waals surface area contributed by atoms with Gasteiger partial charge >= 0.3 is 11.9 Å². The van der Waals surface area contributed by atoms with Crippen LogP contribution >= 0.6 is 0 Å². The zero-order valence-electron chi connectivity index (χ0n) is 15.2. The van der Waals surface area contributed by atoms with Gasteiger partial charge in [0.2, 0.25) is 0 Å². The summed E-state index contributed by atoms with van der Waals surface area (Å²) in [6, 6.07) is 0.